The van der Waals surface area contributed by atoms with Crippen molar-refractivity contribution in [1.82, 2.24) is 15.7 Å². The van der Waals surface area contributed by atoms with Crippen molar-refractivity contribution in [3.63, 3.8) is 0 Å². The molecule has 0 aliphatic rings. The number of aliphatic imine (C=N–C) groups is 1. The zero-order valence-electron chi connectivity index (χ0n) is 6.42. The number of nitrogens with zero attached hydrogens (tertiary/aromatic N) is 2. The zero-order valence-corrected chi connectivity index (χ0v) is 6.42. The van der Waals surface area contributed by atoms with Gasteiger partial charge in [-0.15, -0.1) is 0 Å². The second-order valence-corrected chi connectivity index (χ2v) is 2.22. The first-order valence-electron chi connectivity index (χ1n) is 3.20. The molecule has 0 aliphatic carbocycles. The van der Waals surface area contributed by atoms with E-state index in [1.54, 1.807) is 13.0 Å². The number of aryl methyl sites for hydroxylation is 1. The van der Waals surface area contributed by atoms with Crippen molar-refractivity contribution in [2.24, 2.45) is 4.99 Å². The maximum atomic E-state index is 8.38. The van der Waals surface area contributed by atoms with E-state index < -0.39 is 0 Å². The Labute approximate surface area is 64.1 Å². The lowest BCUT2D eigenvalue weighted by Gasteiger charge is -1.91. The third-order valence-electron chi connectivity index (χ3n) is 1.14. The molecule has 0 aromatic carbocycles. The molecular formula is C6H10N4O. The van der Waals surface area contributed by atoms with Crippen molar-refractivity contribution < 1.29 is 5.21 Å². The van der Waals surface area contributed by atoms with Gasteiger partial charge in [0, 0.05) is 11.8 Å². The van der Waals surface area contributed by atoms with Crippen LogP contribution in [0.25, 0.3) is 0 Å². The molecule has 0 fully saturated rings. The van der Waals surface area contributed by atoms with Crippen LogP contribution in [-0.2, 0) is 0 Å². The molecule has 0 spiro atoms. The molecule has 60 valence electrons. The van der Waals surface area contributed by atoms with Crippen molar-refractivity contribution in [3.05, 3.63) is 11.8 Å². The average molecular weight is 154 g/mol. The Morgan fingerprint density at radius 3 is 3.00 bits per heavy atom. The molecule has 0 aliphatic heterocycles. The van der Waals surface area contributed by atoms with Gasteiger partial charge < -0.3 is 0 Å². The molecule has 1 heterocycles. The molecule has 0 amide bonds. The lowest BCUT2D eigenvalue weighted by molar-refractivity contribution is 0.234. The first-order valence-corrected chi connectivity index (χ1v) is 3.20. The maximum absolute atomic E-state index is 8.38. The summed E-state index contributed by atoms with van der Waals surface area (Å²) >= 11 is 0. The van der Waals surface area contributed by atoms with Crippen molar-refractivity contribution in [1.29, 1.82) is 0 Å². The van der Waals surface area contributed by atoms with Gasteiger partial charge in [0.25, 0.3) is 0 Å². The molecule has 0 saturated carbocycles. The number of amidine groups is 1. The summed E-state index contributed by atoms with van der Waals surface area (Å²) < 4.78 is 0. The first-order chi connectivity index (χ1) is 5.22. The molecule has 1 aromatic rings. The van der Waals surface area contributed by atoms with E-state index in [1.807, 2.05) is 12.4 Å². The van der Waals surface area contributed by atoms with E-state index in [4.69, 9.17) is 5.21 Å². The minimum Gasteiger partial charge on any atom is -0.290 e. The summed E-state index contributed by atoms with van der Waals surface area (Å²) in [5.74, 6) is 0.970. The summed E-state index contributed by atoms with van der Waals surface area (Å²) in [4.78, 5) is 3.91. The van der Waals surface area contributed by atoms with Gasteiger partial charge in [0.2, 0.25) is 0 Å². The van der Waals surface area contributed by atoms with Gasteiger partial charge in [-0.2, -0.15) is 5.10 Å². The minimum atomic E-state index is 0.413. The normalized spacial score (nSPS) is 11.7. The molecule has 0 unspecified atom stereocenters. The van der Waals surface area contributed by atoms with Gasteiger partial charge in [0.05, 0.1) is 0 Å². The number of hydrogen-bond donors (Lipinski definition) is 3. The standard InChI is InChI=1S/C6H10N4O/c1-4-3-6(9-8-4)7-5(2)10-11/h3,11H,1-2H3,(H2,7,8,9,10). The van der Waals surface area contributed by atoms with Crippen molar-refractivity contribution in [2.75, 3.05) is 0 Å². The number of aromatic amines is 1. The summed E-state index contributed by atoms with van der Waals surface area (Å²) in [6, 6.07) is 1.78. The van der Waals surface area contributed by atoms with Crippen molar-refractivity contribution in [3.8, 4) is 0 Å². The van der Waals surface area contributed by atoms with Gasteiger partial charge in [0.15, 0.2) is 5.82 Å². The SMILES string of the molecule is CC(=Nc1cc(C)[nH]n1)NO. The quantitative estimate of drug-likeness (QED) is 0.317. The molecule has 1 rings (SSSR count). The molecule has 0 bridgehead atoms. The fourth-order valence-electron chi connectivity index (χ4n) is 0.658. The molecule has 3 N–H and O–H groups in total. The highest BCUT2D eigenvalue weighted by atomic mass is 16.5. The van der Waals surface area contributed by atoms with Crippen LogP contribution in [0.15, 0.2) is 11.1 Å². The number of hydroxylamine groups is 1. The van der Waals surface area contributed by atoms with Crippen LogP contribution in [0.3, 0.4) is 0 Å². The number of aromatic nitrogens is 2. The minimum absolute atomic E-state index is 0.413. The number of nitrogens with one attached hydrogen (secondary N) is 2. The molecule has 11 heavy (non-hydrogen) atoms. The molecule has 5 nitrogen and oxygen atoms in total. The monoisotopic (exact) mass is 154 g/mol. The second kappa shape index (κ2) is 3.16. The van der Waals surface area contributed by atoms with Gasteiger partial charge in [-0.3, -0.25) is 15.8 Å². The van der Waals surface area contributed by atoms with Crippen LogP contribution in [0.4, 0.5) is 5.82 Å². The highest BCUT2D eigenvalue weighted by Crippen LogP contribution is 2.07. The van der Waals surface area contributed by atoms with E-state index in [-0.39, 0.29) is 0 Å². The van der Waals surface area contributed by atoms with Gasteiger partial charge in [-0.05, 0) is 13.8 Å². The first kappa shape index (κ1) is 7.74. The molecule has 5 heteroatoms. The fourth-order valence-corrected chi connectivity index (χ4v) is 0.658. The Kier molecular flexibility index (Phi) is 2.22. The molecule has 0 radical (unpaired) electrons. The van der Waals surface area contributed by atoms with Crippen LogP contribution in [0, 0.1) is 6.92 Å². The van der Waals surface area contributed by atoms with E-state index in [2.05, 4.69) is 15.2 Å². The maximum Gasteiger partial charge on any atom is 0.175 e. The Morgan fingerprint density at radius 2 is 2.55 bits per heavy atom. The predicted octanol–water partition coefficient (Wildman–Crippen LogP) is 0.747. The third kappa shape index (κ3) is 2.05. The zero-order chi connectivity index (χ0) is 8.27. The van der Waals surface area contributed by atoms with Crippen LogP contribution in [0.5, 0.6) is 0 Å². The van der Waals surface area contributed by atoms with Crippen LogP contribution in [0.2, 0.25) is 0 Å². The lowest BCUT2D eigenvalue weighted by Crippen LogP contribution is -2.13. The average Bonchev–Trinajstić information content (AvgIpc) is 2.35. The Balaban J connectivity index is 2.78. The number of H-pyrrole nitrogens is 1. The van der Waals surface area contributed by atoms with Crippen LogP contribution >= 0.6 is 0 Å². The summed E-state index contributed by atoms with van der Waals surface area (Å²) in [6.07, 6.45) is 0. The Bertz CT molecular complexity index is 265. The van der Waals surface area contributed by atoms with E-state index >= 15 is 0 Å². The van der Waals surface area contributed by atoms with E-state index in [0.29, 0.717) is 11.7 Å². The fraction of sp³-hybridized carbons (Fsp3) is 0.333. The van der Waals surface area contributed by atoms with E-state index in [1.165, 1.54) is 0 Å². The van der Waals surface area contributed by atoms with Crippen LogP contribution in [0.1, 0.15) is 12.6 Å². The summed E-state index contributed by atoms with van der Waals surface area (Å²) in [5, 5.41) is 15.0. The molecule has 1 aromatic heterocycles. The van der Waals surface area contributed by atoms with Gasteiger partial charge in [-0.1, -0.05) is 0 Å². The smallest absolute Gasteiger partial charge is 0.175 e. The highest BCUT2D eigenvalue weighted by molar-refractivity contribution is 5.80. The van der Waals surface area contributed by atoms with Gasteiger partial charge in [-0.25, -0.2) is 4.99 Å². The van der Waals surface area contributed by atoms with Gasteiger partial charge >= 0.3 is 0 Å². The van der Waals surface area contributed by atoms with E-state index in [0.717, 1.165) is 5.69 Å². The van der Waals surface area contributed by atoms with Crippen LogP contribution in [-0.4, -0.2) is 21.2 Å². The predicted molar refractivity (Wildman–Crippen MR) is 41.0 cm³/mol. The summed E-state index contributed by atoms with van der Waals surface area (Å²) in [6.45, 7) is 3.53. The van der Waals surface area contributed by atoms with E-state index in [9.17, 15) is 0 Å². The Morgan fingerprint density at radius 1 is 1.82 bits per heavy atom. The second-order valence-electron chi connectivity index (χ2n) is 2.22. The topological polar surface area (TPSA) is 73.3 Å². The Hall–Kier alpha value is -1.36. The summed E-state index contributed by atoms with van der Waals surface area (Å²) in [5.41, 5.74) is 2.86. The van der Waals surface area contributed by atoms with Crippen molar-refractivity contribution >= 4 is 11.7 Å². The molecule has 0 saturated heterocycles. The highest BCUT2D eigenvalue weighted by Gasteiger charge is 1.94. The number of hydrogen-bond acceptors (Lipinski definition) is 3. The summed E-state index contributed by atoms with van der Waals surface area (Å²) in [7, 11) is 0. The van der Waals surface area contributed by atoms with Gasteiger partial charge in [0.1, 0.15) is 5.84 Å². The largest absolute Gasteiger partial charge is 0.290 e. The lowest BCUT2D eigenvalue weighted by atomic mass is 10.5. The van der Waals surface area contributed by atoms with Crippen molar-refractivity contribution in [2.45, 2.75) is 13.8 Å². The number of rotatable bonds is 1. The molecule has 0 atom stereocenters. The molecular weight excluding hydrogens is 144 g/mol. The third-order valence-corrected chi connectivity index (χ3v) is 1.14. The van der Waals surface area contributed by atoms with Crippen LogP contribution < -0.4 is 5.48 Å².